The lowest BCUT2D eigenvalue weighted by Crippen LogP contribution is -2.16. The van der Waals surface area contributed by atoms with Gasteiger partial charge in [-0.05, 0) is 36.1 Å². The minimum absolute atomic E-state index is 0.147. The molecular weight excluding hydrogens is 210 g/mol. The summed E-state index contributed by atoms with van der Waals surface area (Å²) < 4.78 is 5.71. The normalized spacial score (nSPS) is 12.1. The molecule has 0 heterocycles. The van der Waals surface area contributed by atoms with Crippen LogP contribution in [0.4, 0.5) is 0 Å². The van der Waals surface area contributed by atoms with E-state index in [1.54, 1.807) is 6.92 Å². The number of ether oxygens (including phenoxy) is 1. The molecule has 0 radical (unpaired) electrons. The average Bonchev–Trinajstić information content (AvgIpc) is 2.26. The van der Waals surface area contributed by atoms with Crippen LogP contribution in [0, 0.1) is 16.7 Å². The Morgan fingerprint density at radius 1 is 1.41 bits per heavy atom. The van der Waals surface area contributed by atoms with Gasteiger partial charge in [0.15, 0.2) is 0 Å². The second-order valence-corrected chi connectivity index (χ2v) is 5.36. The van der Waals surface area contributed by atoms with E-state index < -0.39 is 0 Å². The molecule has 0 atom stereocenters. The van der Waals surface area contributed by atoms with Crippen molar-refractivity contribution in [3.63, 3.8) is 0 Å². The highest BCUT2D eigenvalue weighted by atomic mass is 16.5. The SMILES string of the molecule is CC(C#N)=Cc1cccc(OCC(C)(C)C)c1. The summed E-state index contributed by atoms with van der Waals surface area (Å²) >= 11 is 0. The van der Waals surface area contributed by atoms with Gasteiger partial charge in [0.25, 0.3) is 0 Å². The summed E-state index contributed by atoms with van der Waals surface area (Å²) in [6.07, 6.45) is 1.85. The van der Waals surface area contributed by atoms with Crippen LogP contribution in [-0.4, -0.2) is 6.61 Å². The molecular formula is C15H19NO. The van der Waals surface area contributed by atoms with Crippen LogP contribution in [0.25, 0.3) is 6.08 Å². The average molecular weight is 229 g/mol. The lowest BCUT2D eigenvalue weighted by Gasteiger charge is -2.18. The highest BCUT2D eigenvalue weighted by molar-refractivity contribution is 5.57. The highest BCUT2D eigenvalue weighted by Gasteiger charge is 2.10. The van der Waals surface area contributed by atoms with Gasteiger partial charge in [-0.3, -0.25) is 0 Å². The molecule has 90 valence electrons. The molecule has 1 aromatic carbocycles. The van der Waals surface area contributed by atoms with Gasteiger partial charge in [-0.25, -0.2) is 0 Å². The lowest BCUT2D eigenvalue weighted by molar-refractivity contribution is 0.198. The number of allylic oxidation sites excluding steroid dienone is 1. The molecule has 0 spiro atoms. The number of benzene rings is 1. The van der Waals surface area contributed by atoms with E-state index in [4.69, 9.17) is 10.00 Å². The Morgan fingerprint density at radius 2 is 2.12 bits per heavy atom. The van der Waals surface area contributed by atoms with Gasteiger partial charge in [0.05, 0.1) is 12.7 Å². The number of hydrogen-bond donors (Lipinski definition) is 0. The van der Waals surface area contributed by atoms with Crippen molar-refractivity contribution in [2.45, 2.75) is 27.7 Å². The van der Waals surface area contributed by atoms with Crippen molar-refractivity contribution in [2.75, 3.05) is 6.61 Å². The third kappa shape index (κ3) is 5.21. The molecule has 0 saturated heterocycles. The first-order chi connectivity index (χ1) is 7.90. The van der Waals surface area contributed by atoms with Crippen LogP contribution in [0.15, 0.2) is 29.8 Å². The molecule has 0 fully saturated rings. The van der Waals surface area contributed by atoms with Crippen LogP contribution in [0.3, 0.4) is 0 Å². The number of hydrogen-bond acceptors (Lipinski definition) is 2. The van der Waals surface area contributed by atoms with Crippen LogP contribution in [0.2, 0.25) is 0 Å². The van der Waals surface area contributed by atoms with Gasteiger partial charge in [0.1, 0.15) is 5.75 Å². The Morgan fingerprint density at radius 3 is 2.71 bits per heavy atom. The van der Waals surface area contributed by atoms with Crippen LogP contribution in [0.1, 0.15) is 33.3 Å². The minimum atomic E-state index is 0.147. The molecule has 17 heavy (non-hydrogen) atoms. The standard InChI is InChI=1S/C15H19NO/c1-12(10-16)8-13-6-5-7-14(9-13)17-11-15(2,3)4/h5-9H,11H2,1-4H3. The number of nitriles is 1. The maximum absolute atomic E-state index is 8.73. The van der Waals surface area contributed by atoms with E-state index in [0.29, 0.717) is 12.2 Å². The molecule has 0 aliphatic carbocycles. The monoisotopic (exact) mass is 229 g/mol. The summed E-state index contributed by atoms with van der Waals surface area (Å²) in [7, 11) is 0. The zero-order valence-electron chi connectivity index (χ0n) is 10.9. The molecule has 0 unspecified atom stereocenters. The molecule has 0 N–H and O–H groups in total. The Kier molecular flexibility index (Phi) is 4.34. The zero-order valence-corrected chi connectivity index (χ0v) is 10.9. The summed E-state index contributed by atoms with van der Waals surface area (Å²) in [4.78, 5) is 0. The molecule has 1 rings (SSSR count). The fraction of sp³-hybridized carbons (Fsp3) is 0.400. The summed E-state index contributed by atoms with van der Waals surface area (Å²) in [5.74, 6) is 0.847. The Labute approximate surface area is 104 Å². The summed E-state index contributed by atoms with van der Waals surface area (Å²) in [6.45, 7) is 8.88. The van der Waals surface area contributed by atoms with Crippen LogP contribution in [-0.2, 0) is 0 Å². The van der Waals surface area contributed by atoms with E-state index in [-0.39, 0.29) is 5.41 Å². The first-order valence-corrected chi connectivity index (χ1v) is 5.72. The van der Waals surface area contributed by atoms with Gasteiger partial charge in [0, 0.05) is 5.57 Å². The first kappa shape index (κ1) is 13.3. The van der Waals surface area contributed by atoms with Gasteiger partial charge >= 0.3 is 0 Å². The Bertz CT molecular complexity index is 447. The molecule has 0 aliphatic heterocycles. The van der Waals surface area contributed by atoms with Crippen molar-refractivity contribution >= 4 is 6.08 Å². The van der Waals surface area contributed by atoms with E-state index in [0.717, 1.165) is 11.3 Å². The summed E-state index contributed by atoms with van der Waals surface area (Å²) in [5, 5.41) is 8.73. The van der Waals surface area contributed by atoms with Crippen molar-refractivity contribution in [1.29, 1.82) is 5.26 Å². The van der Waals surface area contributed by atoms with Gasteiger partial charge in [-0.15, -0.1) is 0 Å². The molecule has 2 nitrogen and oxygen atoms in total. The van der Waals surface area contributed by atoms with Crippen LogP contribution < -0.4 is 4.74 Å². The van der Waals surface area contributed by atoms with E-state index in [1.807, 2.05) is 30.3 Å². The molecule has 1 aromatic rings. The van der Waals surface area contributed by atoms with E-state index in [2.05, 4.69) is 26.8 Å². The topological polar surface area (TPSA) is 33.0 Å². The number of nitrogens with zero attached hydrogens (tertiary/aromatic N) is 1. The van der Waals surface area contributed by atoms with Gasteiger partial charge in [0.2, 0.25) is 0 Å². The van der Waals surface area contributed by atoms with Crippen LogP contribution >= 0.6 is 0 Å². The van der Waals surface area contributed by atoms with E-state index >= 15 is 0 Å². The fourth-order valence-corrected chi connectivity index (χ4v) is 1.28. The van der Waals surface area contributed by atoms with Gasteiger partial charge < -0.3 is 4.74 Å². The van der Waals surface area contributed by atoms with Crippen molar-refractivity contribution in [3.05, 3.63) is 35.4 Å². The number of rotatable bonds is 3. The molecule has 0 aliphatic rings. The largest absolute Gasteiger partial charge is 0.493 e. The lowest BCUT2D eigenvalue weighted by atomic mass is 9.99. The molecule has 0 saturated carbocycles. The predicted octanol–water partition coefficient (Wildman–Crippen LogP) is 4.04. The first-order valence-electron chi connectivity index (χ1n) is 5.72. The van der Waals surface area contributed by atoms with E-state index in [9.17, 15) is 0 Å². The third-order valence-corrected chi connectivity index (χ3v) is 2.09. The van der Waals surface area contributed by atoms with Crippen molar-refractivity contribution in [3.8, 4) is 11.8 Å². The maximum Gasteiger partial charge on any atom is 0.119 e. The smallest absolute Gasteiger partial charge is 0.119 e. The highest BCUT2D eigenvalue weighted by Crippen LogP contribution is 2.19. The Balaban J connectivity index is 2.77. The van der Waals surface area contributed by atoms with Crippen LogP contribution in [0.5, 0.6) is 5.75 Å². The maximum atomic E-state index is 8.73. The van der Waals surface area contributed by atoms with Crippen molar-refractivity contribution < 1.29 is 4.74 Å². The Hall–Kier alpha value is -1.75. The summed E-state index contributed by atoms with van der Waals surface area (Å²) in [6, 6.07) is 9.90. The second kappa shape index (κ2) is 5.54. The molecule has 0 aromatic heterocycles. The quantitative estimate of drug-likeness (QED) is 0.733. The zero-order chi connectivity index (χ0) is 12.9. The van der Waals surface area contributed by atoms with Crippen molar-refractivity contribution in [2.24, 2.45) is 5.41 Å². The fourth-order valence-electron chi connectivity index (χ4n) is 1.28. The van der Waals surface area contributed by atoms with Gasteiger partial charge in [-0.1, -0.05) is 32.9 Å². The predicted molar refractivity (Wildman–Crippen MR) is 70.7 cm³/mol. The molecule has 0 bridgehead atoms. The minimum Gasteiger partial charge on any atom is -0.493 e. The summed E-state index contributed by atoms with van der Waals surface area (Å²) in [5.41, 5.74) is 1.84. The van der Waals surface area contributed by atoms with Crippen molar-refractivity contribution in [1.82, 2.24) is 0 Å². The van der Waals surface area contributed by atoms with Gasteiger partial charge in [-0.2, -0.15) is 5.26 Å². The van der Waals surface area contributed by atoms with E-state index in [1.165, 1.54) is 0 Å². The molecule has 0 amide bonds. The second-order valence-electron chi connectivity index (χ2n) is 5.36. The molecule has 2 heteroatoms. The third-order valence-electron chi connectivity index (χ3n) is 2.09.